The third-order valence-electron chi connectivity index (χ3n) is 4.16. The fourth-order valence-corrected chi connectivity index (χ4v) is 2.76. The molecule has 0 aliphatic rings. The second-order valence-corrected chi connectivity index (χ2v) is 6.14. The third kappa shape index (κ3) is 6.73. The van der Waals surface area contributed by atoms with Crippen molar-refractivity contribution in [2.24, 2.45) is 0 Å². The summed E-state index contributed by atoms with van der Waals surface area (Å²) in [7, 11) is 0. The van der Waals surface area contributed by atoms with Gasteiger partial charge in [0.25, 0.3) is 0 Å². The standard InChI is InChI=1S/C20H32N2O2/c1-4-7-15-21-20(24)18(6-3)22(19(23)11-5-2)16-14-17-12-9-8-10-13-17/h8-10,12-13,18H,4-7,11,14-16H2,1-3H3,(H,21,24)/t18-/m0/s1. The molecule has 0 aliphatic carbocycles. The van der Waals surface area contributed by atoms with Crippen LogP contribution in [-0.2, 0) is 16.0 Å². The van der Waals surface area contributed by atoms with Crippen molar-refractivity contribution in [2.75, 3.05) is 13.1 Å². The molecule has 0 fully saturated rings. The maximum absolute atomic E-state index is 12.5. The van der Waals surface area contributed by atoms with Gasteiger partial charge in [-0.15, -0.1) is 0 Å². The average molecular weight is 332 g/mol. The second-order valence-electron chi connectivity index (χ2n) is 6.14. The average Bonchev–Trinajstić information content (AvgIpc) is 2.59. The number of amides is 2. The Bertz CT molecular complexity index is 488. The van der Waals surface area contributed by atoms with Crippen molar-refractivity contribution in [2.45, 2.75) is 65.3 Å². The van der Waals surface area contributed by atoms with Crippen molar-refractivity contribution in [1.29, 1.82) is 0 Å². The molecule has 0 radical (unpaired) electrons. The highest BCUT2D eigenvalue weighted by Crippen LogP contribution is 2.11. The second kappa shape index (κ2) is 11.7. The first-order valence-electron chi connectivity index (χ1n) is 9.25. The van der Waals surface area contributed by atoms with Crippen LogP contribution in [0.5, 0.6) is 0 Å². The van der Waals surface area contributed by atoms with E-state index in [9.17, 15) is 9.59 Å². The fraction of sp³-hybridized carbons (Fsp3) is 0.600. The van der Waals surface area contributed by atoms with Crippen LogP contribution in [0.25, 0.3) is 0 Å². The van der Waals surface area contributed by atoms with Crippen molar-refractivity contribution >= 4 is 11.8 Å². The van der Waals surface area contributed by atoms with E-state index in [4.69, 9.17) is 0 Å². The Morgan fingerprint density at radius 3 is 2.38 bits per heavy atom. The molecule has 0 saturated heterocycles. The summed E-state index contributed by atoms with van der Waals surface area (Å²) < 4.78 is 0. The molecule has 1 atom stereocenters. The number of nitrogens with zero attached hydrogens (tertiary/aromatic N) is 1. The Balaban J connectivity index is 2.77. The van der Waals surface area contributed by atoms with Crippen LogP contribution in [0, 0.1) is 0 Å². The SMILES string of the molecule is CCCCNC(=O)[C@H](CC)N(CCc1ccccc1)C(=O)CCC. The molecular weight excluding hydrogens is 300 g/mol. The van der Waals surface area contributed by atoms with Gasteiger partial charge in [-0.1, -0.05) is 57.5 Å². The highest BCUT2D eigenvalue weighted by molar-refractivity contribution is 5.87. The van der Waals surface area contributed by atoms with Crippen molar-refractivity contribution in [3.8, 4) is 0 Å². The molecule has 1 rings (SSSR count). The van der Waals surface area contributed by atoms with Gasteiger partial charge in [-0.2, -0.15) is 0 Å². The van der Waals surface area contributed by atoms with Gasteiger partial charge in [-0.05, 0) is 31.2 Å². The number of hydrogen-bond acceptors (Lipinski definition) is 2. The topological polar surface area (TPSA) is 49.4 Å². The van der Waals surface area contributed by atoms with E-state index < -0.39 is 0 Å². The number of hydrogen-bond donors (Lipinski definition) is 1. The van der Waals surface area contributed by atoms with Gasteiger partial charge in [0, 0.05) is 19.5 Å². The van der Waals surface area contributed by atoms with E-state index in [1.807, 2.05) is 32.0 Å². The molecule has 0 spiro atoms. The van der Waals surface area contributed by atoms with Gasteiger partial charge >= 0.3 is 0 Å². The summed E-state index contributed by atoms with van der Waals surface area (Å²) in [4.78, 5) is 26.8. The largest absolute Gasteiger partial charge is 0.354 e. The fourth-order valence-electron chi connectivity index (χ4n) is 2.76. The van der Waals surface area contributed by atoms with Gasteiger partial charge in [0.05, 0.1) is 0 Å². The van der Waals surface area contributed by atoms with Crippen molar-refractivity contribution < 1.29 is 9.59 Å². The van der Waals surface area contributed by atoms with Gasteiger partial charge in [0.15, 0.2) is 0 Å². The van der Waals surface area contributed by atoms with E-state index in [0.29, 0.717) is 25.9 Å². The van der Waals surface area contributed by atoms with Crippen LogP contribution >= 0.6 is 0 Å². The van der Waals surface area contributed by atoms with E-state index in [-0.39, 0.29) is 17.9 Å². The quantitative estimate of drug-likeness (QED) is 0.630. The molecule has 1 aromatic carbocycles. The molecule has 0 heterocycles. The zero-order valence-electron chi connectivity index (χ0n) is 15.4. The zero-order valence-corrected chi connectivity index (χ0v) is 15.4. The van der Waals surface area contributed by atoms with Crippen molar-refractivity contribution in [3.63, 3.8) is 0 Å². The summed E-state index contributed by atoms with van der Waals surface area (Å²) in [5.74, 6) is 0.0504. The molecule has 1 aromatic rings. The summed E-state index contributed by atoms with van der Waals surface area (Å²) in [6, 6.07) is 9.74. The first kappa shape index (κ1) is 20.2. The summed E-state index contributed by atoms with van der Waals surface area (Å²) in [6.07, 6.45) is 4.72. The van der Waals surface area contributed by atoms with Crippen molar-refractivity contribution in [3.05, 3.63) is 35.9 Å². The van der Waals surface area contributed by atoms with Crippen LogP contribution < -0.4 is 5.32 Å². The Kier molecular flexibility index (Phi) is 9.81. The van der Waals surface area contributed by atoms with E-state index in [1.54, 1.807) is 4.90 Å². The monoisotopic (exact) mass is 332 g/mol. The third-order valence-corrected chi connectivity index (χ3v) is 4.16. The highest BCUT2D eigenvalue weighted by atomic mass is 16.2. The van der Waals surface area contributed by atoms with E-state index in [2.05, 4.69) is 24.4 Å². The van der Waals surface area contributed by atoms with Gasteiger partial charge in [-0.3, -0.25) is 9.59 Å². The smallest absolute Gasteiger partial charge is 0.242 e. The highest BCUT2D eigenvalue weighted by Gasteiger charge is 2.27. The van der Waals surface area contributed by atoms with Crippen LogP contribution in [0.4, 0.5) is 0 Å². The molecule has 4 nitrogen and oxygen atoms in total. The first-order chi connectivity index (χ1) is 11.6. The summed E-state index contributed by atoms with van der Waals surface area (Å²) in [5.41, 5.74) is 1.19. The zero-order chi connectivity index (χ0) is 17.8. The molecule has 134 valence electrons. The Labute approximate surface area is 146 Å². The molecular formula is C20H32N2O2. The van der Waals surface area contributed by atoms with Crippen molar-refractivity contribution in [1.82, 2.24) is 10.2 Å². The van der Waals surface area contributed by atoms with Crippen LogP contribution in [-0.4, -0.2) is 35.8 Å². The molecule has 0 bridgehead atoms. The summed E-state index contributed by atoms with van der Waals surface area (Å²) in [5, 5.41) is 2.98. The van der Waals surface area contributed by atoms with Crippen LogP contribution in [0.1, 0.15) is 58.4 Å². The first-order valence-corrected chi connectivity index (χ1v) is 9.25. The molecule has 1 N–H and O–H groups in total. The molecule has 2 amide bonds. The van der Waals surface area contributed by atoms with Crippen LogP contribution in [0.15, 0.2) is 30.3 Å². The molecule has 0 unspecified atom stereocenters. The van der Waals surface area contributed by atoms with E-state index in [0.717, 1.165) is 25.7 Å². The van der Waals surface area contributed by atoms with Crippen LogP contribution in [0.3, 0.4) is 0 Å². The minimum absolute atomic E-state index is 0.0246. The number of carbonyl (C=O) groups excluding carboxylic acids is 2. The summed E-state index contributed by atoms with van der Waals surface area (Å²) in [6.45, 7) is 7.33. The summed E-state index contributed by atoms with van der Waals surface area (Å²) >= 11 is 0. The predicted molar refractivity (Wildman–Crippen MR) is 98.8 cm³/mol. The van der Waals surface area contributed by atoms with Gasteiger partial charge < -0.3 is 10.2 Å². The molecule has 0 saturated carbocycles. The lowest BCUT2D eigenvalue weighted by atomic mass is 10.1. The number of carbonyl (C=O) groups is 2. The number of unbranched alkanes of at least 4 members (excludes halogenated alkanes) is 1. The normalized spacial score (nSPS) is 11.8. The van der Waals surface area contributed by atoms with Gasteiger partial charge in [-0.25, -0.2) is 0 Å². The predicted octanol–water partition coefficient (Wildman–Crippen LogP) is 3.55. The number of benzene rings is 1. The lowest BCUT2D eigenvalue weighted by Gasteiger charge is -2.30. The van der Waals surface area contributed by atoms with E-state index in [1.165, 1.54) is 5.56 Å². The number of nitrogens with one attached hydrogen (secondary N) is 1. The molecule has 0 aliphatic heterocycles. The maximum Gasteiger partial charge on any atom is 0.242 e. The van der Waals surface area contributed by atoms with Crippen LogP contribution in [0.2, 0.25) is 0 Å². The Morgan fingerprint density at radius 1 is 1.08 bits per heavy atom. The van der Waals surface area contributed by atoms with Gasteiger partial charge in [0.1, 0.15) is 6.04 Å². The molecule has 0 aromatic heterocycles. The lowest BCUT2D eigenvalue weighted by molar-refractivity contribution is -0.140. The lowest BCUT2D eigenvalue weighted by Crippen LogP contribution is -2.50. The minimum atomic E-state index is -0.371. The number of rotatable bonds is 11. The molecule has 24 heavy (non-hydrogen) atoms. The Hall–Kier alpha value is -1.84. The Morgan fingerprint density at radius 2 is 1.79 bits per heavy atom. The van der Waals surface area contributed by atoms with Gasteiger partial charge in [0.2, 0.25) is 11.8 Å². The molecule has 4 heteroatoms. The minimum Gasteiger partial charge on any atom is -0.354 e. The maximum atomic E-state index is 12.5. The van der Waals surface area contributed by atoms with E-state index >= 15 is 0 Å².